The summed E-state index contributed by atoms with van der Waals surface area (Å²) in [7, 11) is 0. The van der Waals surface area contributed by atoms with E-state index < -0.39 is 0 Å². The molecule has 0 aliphatic rings. The number of benzene rings is 1. The van der Waals surface area contributed by atoms with Crippen LogP contribution in [0.3, 0.4) is 0 Å². The summed E-state index contributed by atoms with van der Waals surface area (Å²) in [6, 6.07) is 7.59. The normalized spacial score (nSPS) is 11.9. The first-order valence-corrected chi connectivity index (χ1v) is 7.25. The first-order chi connectivity index (χ1) is 9.22. The maximum Gasteiger partial charge on any atom is 0.227 e. The molecule has 1 aromatic carbocycles. The third kappa shape index (κ3) is 4.93. The van der Waals surface area contributed by atoms with E-state index in [0.29, 0.717) is 6.61 Å². The van der Waals surface area contributed by atoms with E-state index in [2.05, 4.69) is 19.2 Å². The van der Waals surface area contributed by atoms with Crippen molar-refractivity contribution in [1.29, 1.82) is 0 Å². The average molecular weight is 263 g/mol. The number of ether oxygens (including phenoxy) is 1. The zero-order valence-electron chi connectivity index (χ0n) is 12.2. The number of hydrogen-bond donors (Lipinski definition) is 1. The number of amides is 1. The number of rotatable bonds is 8. The van der Waals surface area contributed by atoms with Gasteiger partial charge in [0.2, 0.25) is 5.91 Å². The van der Waals surface area contributed by atoms with Gasteiger partial charge in [0.15, 0.2) is 0 Å². The Labute approximate surface area is 116 Å². The maximum absolute atomic E-state index is 12.2. The van der Waals surface area contributed by atoms with Crippen LogP contribution in [0.4, 0.5) is 5.69 Å². The van der Waals surface area contributed by atoms with Gasteiger partial charge >= 0.3 is 0 Å². The van der Waals surface area contributed by atoms with Gasteiger partial charge in [-0.2, -0.15) is 0 Å². The molecule has 0 aliphatic carbocycles. The lowest BCUT2D eigenvalue weighted by Gasteiger charge is -2.16. The molecule has 0 saturated heterocycles. The first-order valence-electron chi connectivity index (χ1n) is 7.25. The highest BCUT2D eigenvalue weighted by atomic mass is 16.5. The zero-order valence-corrected chi connectivity index (χ0v) is 12.2. The number of hydrogen-bond acceptors (Lipinski definition) is 2. The maximum atomic E-state index is 12.2. The van der Waals surface area contributed by atoms with E-state index in [-0.39, 0.29) is 11.8 Å². The van der Waals surface area contributed by atoms with E-state index in [4.69, 9.17) is 4.74 Å². The van der Waals surface area contributed by atoms with Crippen molar-refractivity contribution in [2.24, 2.45) is 5.92 Å². The number of anilines is 1. The SMILES string of the molecule is CCCC[C@@H](CC)C(=O)Nc1ccccc1OCC. The Morgan fingerprint density at radius 1 is 1.26 bits per heavy atom. The van der Waals surface area contributed by atoms with E-state index in [1.54, 1.807) is 0 Å². The van der Waals surface area contributed by atoms with Crippen LogP contribution < -0.4 is 10.1 Å². The van der Waals surface area contributed by atoms with Gasteiger partial charge in [-0.3, -0.25) is 4.79 Å². The van der Waals surface area contributed by atoms with Crippen LogP contribution in [0.25, 0.3) is 0 Å². The first kappa shape index (κ1) is 15.5. The molecular weight excluding hydrogens is 238 g/mol. The second-order valence-electron chi connectivity index (χ2n) is 4.67. The average Bonchev–Trinajstić information content (AvgIpc) is 2.42. The molecule has 19 heavy (non-hydrogen) atoms. The van der Waals surface area contributed by atoms with Crippen LogP contribution in [0.15, 0.2) is 24.3 Å². The van der Waals surface area contributed by atoms with Crippen LogP contribution in [-0.2, 0) is 4.79 Å². The molecule has 1 N–H and O–H groups in total. The summed E-state index contributed by atoms with van der Waals surface area (Å²) in [6.45, 7) is 6.75. The van der Waals surface area contributed by atoms with Gasteiger partial charge in [-0.25, -0.2) is 0 Å². The lowest BCUT2D eigenvalue weighted by atomic mass is 9.98. The van der Waals surface area contributed by atoms with E-state index >= 15 is 0 Å². The molecule has 3 nitrogen and oxygen atoms in total. The second kappa shape index (κ2) is 8.57. The molecule has 0 spiro atoms. The monoisotopic (exact) mass is 263 g/mol. The second-order valence-corrected chi connectivity index (χ2v) is 4.67. The Bertz CT molecular complexity index is 390. The molecular formula is C16H25NO2. The zero-order chi connectivity index (χ0) is 14.1. The van der Waals surface area contributed by atoms with E-state index in [1.807, 2.05) is 31.2 Å². The summed E-state index contributed by atoms with van der Waals surface area (Å²) in [5.41, 5.74) is 0.768. The Morgan fingerprint density at radius 2 is 2.00 bits per heavy atom. The van der Waals surface area contributed by atoms with E-state index in [1.165, 1.54) is 0 Å². The minimum Gasteiger partial charge on any atom is -0.492 e. The van der Waals surface area contributed by atoms with Gasteiger partial charge in [0.25, 0.3) is 0 Å². The number of unbranched alkanes of at least 4 members (excludes halogenated alkanes) is 1. The van der Waals surface area contributed by atoms with Gasteiger partial charge in [0, 0.05) is 5.92 Å². The summed E-state index contributed by atoms with van der Waals surface area (Å²) in [4.78, 5) is 12.2. The van der Waals surface area contributed by atoms with Crippen LogP contribution in [0, 0.1) is 5.92 Å². The van der Waals surface area contributed by atoms with Crippen LogP contribution >= 0.6 is 0 Å². The molecule has 1 atom stereocenters. The molecule has 1 amide bonds. The third-order valence-corrected chi connectivity index (χ3v) is 3.21. The summed E-state index contributed by atoms with van der Waals surface area (Å²) < 4.78 is 5.52. The van der Waals surface area contributed by atoms with Crippen molar-refractivity contribution in [2.45, 2.75) is 46.5 Å². The quantitative estimate of drug-likeness (QED) is 0.761. The van der Waals surface area contributed by atoms with Gasteiger partial charge in [0.05, 0.1) is 12.3 Å². The van der Waals surface area contributed by atoms with Gasteiger partial charge in [-0.15, -0.1) is 0 Å². The van der Waals surface area contributed by atoms with Crippen LogP contribution in [0.5, 0.6) is 5.75 Å². The number of carbonyl (C=O) groups is 1. The number of carbonyl (C=O) groups excluding carboxylic acids is 1. The molecule has 0 aliphatic heterocycles. The summed E-state index contributed by atoms with van der Waals surface area (Å²) in [5.74, 6) is 0.932. The largest absolute Gasteiger partial charge is 0.492 e. The van der Waals surface area contributed by atoms with E-state index in [0.717, 1.165) is 37.1 Å². The summed E-state index contributed by atoms with van der Waals surface area (Å²) in [6.07, 6.45) is 4.05. The van der Waals surface area contributed by atoms with Crippen molar-refractivity contribution >= 4 is 11.6 Å². The van der Waals surface area contributed by atoms with Crippen molar-refractivity contribution in [3.05, 3.63) is 24.3 Å². The van der Waals surface area contributed by atoms with Gasteiger partial charge in [0.1, 0.15) is 5.75 Å². The van der Waals surface area contributed by atoms with Gasteiger partial charge in [-0.05, 0) is 31.9 Å². The number of para-hydroxylation sites is 2. The van der Waals surface area contributed by atoms with Crippen molar-refractivity contribution < 1.29 is 9.53 Å². The highest BCUT2D eigenvalue weighted by Gasteiger charge is 2.17. The number of nitrogens with one attached hydrogen (secondary N) is 1. The molecule has 0 unspecified atom stereocenters. The fourth-order valence-corrected chi connectivity index (χ4v) is 2.06. The fourth-order valence-electron chi connectivity index (χ4n) is 2.06. The molecule has 0 bridgehead atoms. The Morgan fingerprint density at radius 3 is 2.63 bits per heavy atom. The van der Waals surface area contributed by atoms with Crippen molar-refractivity contribution in [1.82, 2.24) is 0 Å². The third-order valence-electron chi connectivity index (χ3n) is 3.21. The van der Waals surface area contributed by atoms with E-state index in [9.17, 15) is 4.79 Å². The molecule has 0 aromatic heterocycles. The lowest BCUT2D eigenvalue weighted by Crippen LogP contribution is -2.22. The predicted octanol–water partition coefficient (Wildman–Crippen LogP) is 4.24. The predicted molar refractivity (Wildman–Crippen MR) is 79.5 cm³/mol. The molecule has 0 heterocycles. The highest BCUT2D eigenvalue weighted by molar-refractivity contribution is 5.93. The summed E-state index contributed by atoms with van der Waals surface area (Å²) in [5, 5.41) is 2.99. The van der Waals surface area contributed by atoms with Crippen LogP contribution in [0.2, 0.25) is 0 Å². The van der Waals surface area contributed by atoms with Crippen molar-refractivity contribution in [2.75, 3.05) is 11.9 Å². The van der Waals surface area contributed by atoms with Gasteiger partial charge in [-0.1, -0.05) is 38.8 Å². The molecule has 0 saturated carbocycles. The molecule has 1 rings (SSSR count). The standard InChI is InChI=1S/C16H25NO2/c1-4-7-10-13(5-2)16(18)17-14-11-8-9-12-15(14)19-6-3/h8-9,11-13H,4-7,10H2,1-3H3,(H,17,18)/t13-/m1/s1. The minimum atomic E-state index is 0.0923. The lowest BCUT2D eigenvalue weighted by molar-refractivity contribution is -0.120. The topological polar surface area (TPSA) is 38.3 Å². The van der Waals surface area contributed by atoms with Crippen LogP contribution in [-0.4, -0.2) is 12.5 Å². The fraction of sp³-hybridized carbons (Fsp3) is 0.562. The highest BCUT2D eigenvalue weighted by Crippen LogP contribution is 2.25. The van der Waals surface area contributed by atoms with Crippen LogP contribution in [0.1, 0.15) is 46.5 Å². The Balaban J connectivity index is 2.69. The minimum absolute atomic E-state index is 0.0923. The molecule has 0 fully saturated rings. The van der Waals surface area contributed by atoms with Crippen molar-refractivity contribution in [3.63, 3.8) is 0 Å². The molecule has 106 valence electrons. The molecule has 3 heteroatoms. The summed E-state index contributed by atoms with van der Waals surface area (Å²) >= 11 is 0. The Hall–Kier alpha value is -1.51. The van der Waals surface area contributed by atoms with Gasteiger partial charge < -0.3 is 10.1 Å². The Kier molecular flexibility index (Phi) is 7.01. The molecule has 1 aromatic rings. The smallest absolute Gasteiger partial charge is 0.227 e. The molecule has 0 radical (unpaired) electrons. The van der Waals surface area contributed by atoms with Crippen molar-refractivity contribution in [3.8, 4) is 5.75 Å².